The van der Waals surface area contributed by atoms with Gasteiger partial charge in [0.2, 0.25) is 5.91 Å². The van der Waals surface area contributed by atoms with E-state index in [9.17, 15) is 14.4 Å². The van der Waals surface area contributed by atoms with E-state index in [1.807, 2.05) is 0 Å². The molecule has 1 amide bonds. The molecule has 3 N–H and O–H groups in total. The van der Waals surface area contributed by atoms with Gasteiger partial charge in [0, 0.05) is 19.4 Å². The van der Waals surface area contributed by atoms with Crippen molar-refractivity contribution in [1.29, 1.82) is 0 Å². The molecule has 0 aromatic heterocycles. The highest BCUT2D eigenvalue weighted by atomic mass is 16.4. The van der Waals surface area contributed by atoms with E-state index in [1.54, 1.807) is 18.2 Å². The van der Waals surface area contributed by atoms with Crippen molar-refractivity contribution in [3.8, 4) is 0 Å². The van der Waals surface area contributed by atoms with Crippen LogP contribution in [0.2, 0.25) is 0 Å². The van der Waals surface area contributed by atoms with Crippen molar-refractivity contribution in [2.45, 2.75) is 25.8 Å². The second-order valence-electron chi connectivity index (χ2n) is 3.92. The molecular formula is C13H16N2O4. The molecule has 1 aromatic carbocycles. The molecule has 0 spiro atoms. The van der Waals surface area contributed by atoms with Crippen molar-refractivity contribution in [3.63, 3.8) is 0 Å². The topological polar surface area (TPSA) is 95.5 Å². The Kier molecular flexibility index (Phi) is 6.25. The maximum absolute atomic E-state index is 11.3. The number of hydrogen-bond donors (Lipinski definition) is 3. The Labute approximate surface area is 110 Å². The molecule has 0 radical (unpaired) electrons. The predicted octanol–water partition coefficient (Wildman–Crippen LogP) is 0.875. The van der Waals surface area contributed by atoms with Crippen molar-refractivity contribution in [3.05, 3.63) is 35.4 Å². The van der Waals surface area contributed by atoms with Crippen molar-refractivity contribution in [2.75, 3.05) is 0 Å². The summed E-state index contributed by atoms with van der Waals surface area (Å²) < 4.78 is 0. The van der Waals surface area contributed by atoms with Crippen LogP contribution in [-0.2, 0) is 16.1 Å². The number of aldehydes is 1. The van der Waals surface area contributed by atoms with Crippen LogP contribution in [0.15, 0.2) is 24.3 Å². The number of nitrogens with one attached hydrogen (secondary N) is 2. The summed E-state index contributed by atoms with van der Waals surface area (Å²) in [6.07, 6.45) is 1.88. The number of carbonyl (C=O) groups excluding carboxylic acids is 2. The monoisotopic (exact) mass is 264 g/mol. The van der Waals surface area contributed by atoms with Crippen LogP contribution < -0.4 is 10.9 Å². The molecule has 0 saturated carbocycles. The van der Waals surface area contributed by atoms with Gasteiger partial charge in [-0.15, -0.1) is 0 Å². The van der Waals surface area contributed by atoms with Gasteiger partial charge in [-0.25, -0.2) is 10.2 Å². The zero-order valence-electron chi connectivity index (χ0n) is 10.4. The van der Waals surface area contributed by atoms with E-state index in [0.29, 0.717) is 18.4 Å². The average Bonchev–Trinajstić information content (AvgIpc) is 2.39. The molecule has 0 saturated heterocycles. The fourth-order valence-corrected chi connectivity index (χ4v) is 1.53. The van der Waals surface area contributed by atoms with Crippen LogP contribution in [0.25, 0.3) is 0 Å². The first-order valence-electron chi connectivity index (χ1n) is 5.91. The van der Waals surface area contributed by atoms with E-state index in [2.05, 4.69) is 10.9 Å². The van der Waals surface area contributed by atoms with Crippen LogP contribution in [0.3, 0.4) is 0 Å². The van der Waals surface area contributed by atoms with E-state index < -0.39 is 5.97 Å². The van der Waals surface area contributed by atoms with Crippen molar-refractivity contribution < 1.29 is 19.5 Å². The third-order valence-electron chi connectivity index (χ3n) is 2.48. The second kappa shape index (κ2) is 7.99. The van der Waals surface area contributed by atoms with E-state index in [1.165, 1.54) is 6.07 Å². The van der Waals surface area contributed by atoms with Crippen LogP contribution in [0.1, 0.15) is 35.2 Å². The van der Waals surface area contributed by atoms with E-state index >= 15 is 0 Å². The lowest BCUT2D eigenvalue weighted by Gasteiger charge is -2.09. The Morgan fingerprint density at radius 3 is 2.68 bits per heavy atom. The fourth-order valence-electron chi connectivity index (χ4n) is 1.53. The number of aromatic carboxylic acids is 1. The highest BCUT2D eigenvalue weighted by Crippen LogP contribution is 2.07. The van der Waals surface area contributed by atoms with Crippen LogP contribution in [-0.4, -0.2) is 23.3 Å². The van der Waals surface area contributed by atoms with Crippen LogP contribution in [0.5, 0.6) is 0 Å². The number of unbranched alkanes of at least 4 members (excludes halogenated alkanes) is 1. The molecule has 0 fully saturated rings. The maximum Gasteiger partial charge on any atom is 0.336 e. The quantitative estimate of drug-likeness (QED) is 0.368. The third kappa shape index (κ3) is 5.31. The van der Waals surface area contributed by atoms with E-state index in [4.69, 9.17) is 5.11 Å². The molecule has 0 unspecified atom stereocenters. The lowest BCUT2D eigenvalue weighted by atomic mass is 10.1. The molecule has 0 atom stereocenters. The number of amides is 1. The minimum atomic E-state index is -1.00. The maximum atomic E-state index is 11.3. The first kappa shape index (κ1) is 14.8. The van der Waals surface area contributed by atoms with Crippen molar-refractivity contribution in [1.82, 2.24) is 10.9 Å². The Bertz CT molecular complexity index is 460. The second-order valence-corrected chi connectivity index (χ2v) is 3.92. The van der Waals surface area contributed by atoms with Gasteiger partial charge in [0.1, 0.15) is 6.29 Å². The minimum Gasteiger partial charge on any atom is -0.478 e. The lowest BCUT2D eigenvalue weighted by Crippen LogP contribution is -2.37. The molecular weight excluding hydrogens is 248 g/mol. The van der Waals surface area contributed by atoms with Gasteiger partial charge in [0.05, 0.1) is 5.56 Å². The van der Waals surface area contributed by atoms with E-state index in [-0.39, 0.29) is 24.4 Å². The van der Waals surface area contributed by atoms with Crippen molar-refractivity contribution >= 4 is 18.2 Å². The fraction of sp³-hybridized carbons (Fsp3) is 0.308. The zero-order valence-corrected chi connectivity index (χ0v) is 10.4. The molecule has 0 aliphatic carbocycles. The first-order chi connectivity index (χ1) is 9.15. The van der Waals surface area contributed by atoms with Gasteiger partial charge in [-0.1, -0.05) is 18.2 Å². The molecule has 19 heavy (non-hydrogen) atoms. The molecule has 0 bridgehead atoms. The summed E-state index contributed by atoms with van der Waals surface area (Å²) >= 11 is 0. The highest BCUT2D eigenvalue weighted by molar-refractivity contribution is 5.89. The van der Waals surface area contributed by atoms with Gasteiger partial charge in [0.25, 0.3) is 0 Å². The Morgan fingerprint density at radius 2 is 2.00 bits per heavy atom. The van der Waals surface area contributed by atoms with Gasteiger partial charge in [0.15, 0.2) is 0 Å². The standard InChI is InChI=1S/C13H16N2O4/c16-8-4-3-7-12(17)15-14-9-10-5-1-2-6-11(10)13(18)19/h1-2,5-6,8,14H,3-4,7,9H2,(H,15,17)(H,18,19). The lowest BCUT2D eigenvalue weighted by molar-refractivity contribution is -0.122. The molecule has 102 valence electrons. The predicted molar refractivity (Wildman–Crippen MR) is 68.3 cm³/mol. The SMILES string of the molecule is O=CCCCC(=O)NNCc1ccccc1C(=O)O. The number of carboxylic acids is 1. The normalized spacial score (nSPS) is 9.89. The number of carboxylic acid groups (broad SMARTS) is 1. The van der Waals surface area contributed by atoms with Crippen molar-refractivity contribution in [2.24, 2.45) is 0 Å². The zero-order chi connectivity index (χ0) is 14.1. The van der Waals surface area contributed by atoms with Crippen LogP contribution in [0, 0.1) is 0 Å². The average molecular weight is 264 g/mol. The summed E-state index contributed by atoms with van der Waals surface area (Å²) in [5.41, 5.74) is 5.92. The Balaban J connectivity index is 2.39. The summed E-state index contributed by atoms with van der Waals surface area (Å²) in [6, 6.07) is 6.56. The molecule has 0 heterocycles. The summed E-state index contributed by atoms with van der Waals surface area (Å²) in [7, 11) is 0. The smallest absolute Gasteiger partial charge is 0.336 e. The largest absolute Gasteiger partial charge is 0.478 e. The van der Waals surface area contributed by atoms with Crippen LogP contribution in [0.4, 0.5) is 0 Å². The number of carbonyl (C=O) groups is 3. The summed E-state index contributed by atoms with van der Waals surface area (Å²) in [6.45, 7) is 0.224. The number of rotatable bonds is 8. The molecule has 1 aromatic rings. The number of hydrogen-bond acceptors (Lipinski definition) is 4. The van der Waals surface area contributed by atoms with Gasteiger partial charge < -0.3 is 9.90 Å². The summed E-state index contributed by atoms with van der Waals surface area (Å²) in [5, 5.41) is 8.97. The molecule has 1 rings (SSSR count). The van der Waals surface area contributed by atoms with Crippen LogP contribution >= 0.6 is 0 Å². The van der Waals surface area contributed by atoms with E-state index in [0.717, 1.165) is 6.29 Å². The van der Waals surface area contributed by atoms with Gasteiger partial charge >= 0.3 is 5.97 Å². The number of benzene rings is 1. The Hall–Kier alpha value is -2.21. The molecule has 0 aliphatic rings. The third-order valence-corrected chi connectivity index (χ3v) is 2.48. The Morgan fingerprint density at radius 1 is 1.26 bits per heavy atom. The highest BCUT2D eigenvalue weighted by Gasteiger charge is 2.08. The summed E-state index contributed by atoms with van der Waals surface area (Å²) in [4.78, 5) is 32.3. The van der Waals surface area contributed by atoms with Gasteiger partial charge in [-0.2, -0.15) is 0 Å². The molecule has 6 nitrogen and oxygen atoms in total. The summed E-state index contributed by atoms with van der Waals surface area (Å²) in [5.74, 6) is -1.23. The minimum absolute atomic E-state index is 0.199. The molecule has 0 aliphatic heterocycles. The first-order valence-corrected chi connectivity index (χ1v) is 5.91. The van der Waals surface area contributed by atoms with Gasteiger partial charge in [-0.05, 0) is 18.1 Å². The van der Waals surface area contributed by atoms with Gasteiger partial charge in [-0.3, -0.25) is 10.2 Å². The number of hydrazine groups is 1. The molecule has 6 heteroatoms.